The summed E-state index contributed by atoms with van der Waals surface area (Å²) in [5.41, 5.74) is 0. The minimum Gasteiger partial charge on any atom is -0.312 e. The van der Waals surface area contributed by atoms with E-state index in [4.69, 9.17) is 23.2 Å². The van der Waals surface area contributed by atoms with E-state index in [1.165, 1.54) is 16.4 Å². The molecule has 8 heteroatoms. The average Bonchev–Trinajstić information content (AvgIpc) is 2.36. The number of piperazine rings is 1. The third kappa shape index (κ3) is 2.87. The molecule has 0 bridgehead atoms. The summed E-state index contributed by atoms with van der Waals surface area (Å²) < 4.78 is 39.7. The number of halogens is 3. The molecule has 1 heterocycles. The average molecular weight is 327 g/mol. The molecule has 1 atom stereocenters. The van der Waals surface area contributed by atoms with E-state index in [1.807, 2.05) is 6.92 Å². The molecule has 1 N–H and O–H groups in total. The first-order valence-corrected chi connectivity index (χ1v) is 7.90. The molecule has 0 radical (unpaired) electrons. The summed E-state index contributed by atoms with van der Waals surface area (Å²) in [5.74, 6) is -0.910. The van der Waals surface area contributed by atoms with E-state index < -0.39 is 20.9 Å². The zero-order valence-electron chi connectivity index (χ0n) is 10.2. The van der Waals surface area contributed by atoms with Crippen LogP contribution < -0.4 is 5.32 Å². The van der Waals surface area contributed by atoms with Gasteiger partial charge in [-0.25, -0.2) is 12.8 Å². The van der Waals surface area contributed by atoms with Crippen LogP contribution in [-0.4, -0.2) is 38.4 Å². The lowest BCUT2D eigenvalue weighted by Gasteiger charge is -2.31. The van der Waals surface area contributed by atoms with Gasteiger partial charge in [-0.2, -0.15) is 4.31 Å². The lowest BCUT2D eigenvalue weighted by atomic mass is 10.3. The number of nitrogens with one attached hydrogen (secondary N) is 1. The standard InChI is InChI=1S/C11H13Cl2FN2O2S/c1-7-6-16(5-4-15-7)19(17,18)9-3-2-8(12)11(14)10(9)13/h2-3,7,15H,4-6H2,1H3. The molecule has 1 aliphatic rings. The molecule has 1 aromatic rings. The first-order valence-electron chi connectivity index (χ1n) is 5.71. The summed E-state index contributed by atoms with van der Waals surface area (Å²) in [5, 5.41) is 2.48. The van der Waals surface area contributed by atoms with Crippen LogP contribution in [0, 0.1) is 5.82 Å². The first-order chi connectivity index (χ1) is 8.84. The smallest absolute Gasteiger partial charge is 0.244 e. The molecule has 4 nitrogen and oxygen atoms in total. The highest BCUT2D eigenvalue weighted by Crippen LogP contribution is 2.31. The minimum absolute atomic E-state index is 0.0412. The van der Waals surface area contributed by atoms with Gasteiger partial charge >= 0.3 is 0 Å². The van der Waals surface area contributed by atoms with Crippen molar-refractivity contribution in [3.8, 4) is 0 Å². The Morgan fingerprint density at radius 3 is 2.74 bits per heavy atom. The van der Waals surface area contributed by atoms with E-state index in [2.05, 4.69) is 5.32 Å². The molecular weight excluding hydrogens is 314 g/mol. The molecule has 1 aliphatic heterocycles. The van der Waals surface area contributed by atoms with Crippen LogP contribution in [0.5, 0.6) is 0 Å². The van der Waals surface area contributed by atoms with Crippen LogP contribution in [0.3, 0.4) is 0 Å². The highest BCUT2D eigenvalue weighted by atomic mass is 35.5. The topological polar surface area (TPSA) is 49.4 Å². The van der Waals surface area contributed by atoms with Crippen molar-refractivity contribution in [1.82, 2.24) is 9.62 Å². The fourth-order valence-corrected chi connectivity index (χ4v) is 4.21. The molecule has 1 aromatic carbocycles. The predicted octanol–water partition coefficient (Wildman–Crippen LogP) is 2.11. The Bertz CT molecular complexity index is 595. The maximum atomic E-state index is 13.6. The number of sulfonamides is 1. The SMILES string of the molecule is CC1CN(S(=O)(=O)c2ccc(Cl)c(F)c2Cl)CCN1. The van der Waals surface area contributed by atoms with Crippen molar-refractivity contribution in [3.05, 3.63) is 28.0 Å². The van der Waals surface area contributed by atoms with Gasteiger partial charge in [0, 0.05) is 25.7 Å². The van der Waals surface area contributed by atoms with Gasteiger partial charge < -0.3 is 5.32 Å². The fraction of sp³-hybridized carbons (Fsp3) is 0.455. The Hall–Kier alpha value is -0.400. The van der Waals surface area contributed by atoms with Crippen molar-refractivity contribution in [2.45, 2.75) is 17.9 Å². The van der Waals surface area contributed by atoms with Crippen molar-refractivity contribution in [2.75, 3.05) is 19.6 Å². The summed E-state index contributed by atoms with van der Waals surface area (Å²) in [6, 6.07) is 2.47. The van der Waals surface area contributed by atoms with Gasteiger partial charge in [-0.3, -0.25) is 0 Å². The van der Waals surface area contributed by atoms with Gasteiger partial charge in [-0.1, -0.05) is 23.2 Å². The zero-order valence-corrected chi connectivity index (χ0v) is 12.5. The second-order valence-electron chi connectivity index (χ2n) is 4.39. The van der Waals surface area contributed by atoms with E-state index in [9.17, 15) is 12.8 Å². The van der Waals surface area contributed by atoms with Gasteiger partial charge in [0.1, 0.15) is 4.90 Å². The van der Waals surface area contributed by atoms with Gasteiger partial charge in [0.2, 0.25) is 10.0 Å². The van der Waals surface area contributed by atoms with Crippen LogP contribution >= 0.6 is 23.2 Å². The van der Waals surface area contributed by atoms with Crippen LogP contribution in [0.4, 0.5) is 4.39 Å². The van der Waals surface area contributed by atoms with E-state index in [0.717, 1.165) is 0 Å². The fourth-order valence-electron chi connectivity index (χ4n) is 1.96. The molecule has 2 rings (SSSR count). The van der Waals surface area contributed by atoms with Crippen molar-refractivity contribution >= 4 is 33.2 Å². The summed E-state index contributed by atoms with van der Waals surface area (Å²) in [6.45, 7) is 3.08. The maximum Gasteiger partial charge on any atom is 0.244 e. The number of benzene rings is 1. The summed E-state index contributed by atoms with van der Waals surface area (Å²) in [4.78, 5) is -0.245. The van der Waals surface area contributed by atoms with Crippen molar-refractivity contribution in [2.24, 2.45) is 0 Å². The van der Waals surface area contributed by atoms with Crippen LogP contribution in [-0.2, 0) is 10.0 Å². The molecule has 1 saturated heterocycles. The molecule has 0 aromatic heterocycles. The van der Waals surface area contributed by atoms with Crippen molar-refractivity contribution in [3.63, 3.8) is 0 Å². The van der Waals surface area contributed by atoms with Crippen molar-refractivity contribution < 1.29 is 12.8 Å². The lowest BCUT2D eigenvalue weighted by Crippen LogP contribution is -2.51. The Kier molecular flexibility index (Phi) is 4.37. The van der Waals surface area contributed by atoms with E-state index in [0.29, 0.717) is 19.6 Å². The van der Waals surface area contributed by atoms with Gasteiger partial charge in [0.05, 0.1) is 10.0 Å². The van der Waals surface area contributed by atoms with Crippen LogP contribution in [0.25, 0.3) is 0 Å². The quantitative estimate of drug-likeness (QED) is 0.847. The van der Waals surface area contributed by atoms with E-state index >= 15 is 0 Å². The number of rotatable bonds is 2. The Labute approximate surface area is 121 Å². The van der Waals surface area contributed by atoms with Crippen molar-refractivity contribution in [1.29, 1.82) is 0 Å². The predicted molar refractivity (Wildman–Crippen MR) is 72.6 cm³/mol. The van der Waals surface area contributed by atoms with Gasteiger partial charge in [-0.15, -0.1) is 0 Å². The number of hydrogen-bond donors (Lipinski definition) is 1. The molecule has 0 aliphatic carbocycles. The van der Waals surface area contributed by atoms with E-state index in [-0.39, 0.29) is 16.0 Å². The largest absolute Gasteiger partial charge is 0.312 e. The number of hydrogen-bond acceptors (Lipinski definition) is 3. The summed E-state index contributed by atoms with van der Waals surface area (Å²) in [7, 11) is -3.80. The highest BCUT2D eigenvalue weighted by Gasteiger charge is 2.31. The highest BCUT2D eigenvalue weighted by molar-refractivity contribution is 7.89. The monoisotopic (exact) mass is 326 g/mol. The first kappa shape index (κ1) is 15.0. The van der Waals surface area contributed by atoms with Gasteiger partial charge in [0.15, 0.2) is 5.82 Å². The third-order valence-corrected chi connectivity index (χ3v) is 5.63. The molecule has 0 spiro atoms. The van der Waals surface area contributed by atoms with Gasteiger partial charge in [0.25, 0.3) is 0 Å². The Balaban J connectivity index is 2.42. The molecule has 19 heavy (non-hydrogen) atoms. The normalized spacial score (nSPS) is 21.6. The van der Waals surface area contributed by atoms with E-state index in [1.54, 1.807) is 0 Å². The summed E-state index contributed by atoms with van der Waals surface area (Å²) in [6.07, 6.45) is 0. The molecule has 0 amide bonds. The molecule has 1 fully saturated rings. The maximum absolute atomic E-state index is 13.6. The molecule has 1 unspecified atom stereocenters. The molecule has 0 saturated carbocycles. The third-order valence-electron chi connectivity index (χ3n) is 2.95. The summed E-state index contributed by atoms with van der Waals surface area (Å²) >= 11 is 11.3. The molecular formula is C11H13Cl2FN2O2S. The Morgan fingerprint density at radius 1 is 1.42 bits per heavy atom. The second kappa shape index (κ2) is 5.54. The van der Waals surface area contributed by atoms with Crippen LogP contribution in [0.1, 0.15) is 6.92 Å². The van der Waals surface area contributed by atoms with Crippen LogP contribution in [0.15, 0.2) is 17.0 Å². The minimum atomic E-state index is -3.80. The van der Waals surface area contributed by atoms with Crippen LogP contribution in [0.2, 0.25) is 10.0 Å². The molecule has 106 valence electrons. The zero-order chi connectivity index (χ0) is 14.2. The number of nitrogens with zero attached hydrogens (tertiary/aromatic N) is 1. The van der Waals surface area contributed by atoms with Gasteiger partial charge in [-0.05, 0) is 19.1 Å². The second-order valence-corrected chi connectivity index (χ2v) is 7.08. The lowest BCUT2D eigenvalue weighted by molar-refractivity contribution is 0.310. The Morgan fingerprint density at radius 2 is 2.11 bits per heavy atom.